The second-order valence-electron chi connectivity index (χ2n) is 8.69. The minimum atomic E-state index is -0.0130. The predicted molar refractivity (Wildman–Crippen MR) is 109 cm³/mol. The van der Waals surface area contributed by atoms with Gasteiger partial charge in [0.15, 0.2) is 0 Å². The highest BCUT2D eigenvalue weighted by molar-refractivity contribution is 5.92. The van der Waals surface area contributed by atoms with E-state index in [1.54, 1.807) is 0 Å². The van der Waals surface area contributed by atoms with E-state index in [1.807, 2.05) is 12.1 Å². The lowest BCUT2D eigenvalue weighted by atomic mass is 9.87. The summed E-state index contributed by atoms with van der Waals surface area (Å²) in [6.07, 6.45) is 4.52. The number of carbonyl (C=O) groups is 1. The zero-order chi connectivity index (χ0) is 19.2. The molecule has 0 spiro atoms. The van der Waals surface area contributed by atoms with Crippen molar-refractivity contribution >= 4 is 17.2 Å². The van der Waals surface area contributed by atoms with Gasteiger partial charge in [0.1, 0.15) is 5.65 Å². The highest BCUT2D eigenvalue weighted by Gasteiger charge is 2.28. The van der Waals surface area contributed by atoms with Crippen molar-refractivity contribution in [3.63, 3.8) is 0 Å². The summed E-state index contributed by atoms with van der Waals surface area (Å²) >= 11 is 0. The summed E-state index contributed by atoms with van der Waals surface area (Å²) in [6, 6.07) is 12.4. The van der Waals surface area contributed by atoms with Gasteiger partial charge in [-0.05, 0) is 60.6 Å². The molecule has 1 amide bonds. The molecule has 1 aliphatic carbocycles. The molecule has 0 bridgehead atoms. The standard InChI is InChI=1S/C23H27N3O/c1-15-11-12-26-20-14-16(5-10-19(20)25-21(26)13-15)22(27)24-18-8-6-17(7-9-18)23(2,3)4/h6-9,11-13,16H,5,10,14H2,1-4H3,(H,24,27). The van der Waals surface area contributed by atoms with Crippen LogP contribution in [0.25, 0.3) is 5.65 Å². The number of amides is 1. The smallest absolute Gasteiger partial charge is 0.227 e. The number of aryl methyl sites for hydroxylation is 2. The van der Waals surface area contributed by atoms with Crippen molar-refractivity contribution in [3.8, 4) is 0 Å². The van der Waals surface area contributed by atoms with Crippen molar-refractivity contribution < 1.29 is 4.79 Å². The molecule has 1 aromatic carbocycles. The van der Waals surface area contributed by atoms with Gasteiger partial charge < -0.3 is 9.72 Å². The van der Waals surface area contributed by atoms with Gasteiger partial charge in [0, 0.05) is 29.9 Å². The van der Waals surface area contributed by atoms with Crippen molar-refractivity contribution in [2.75, 3.05) is 5.32 Å². The Balaban J connectivity index is 1.50. The van der Waals surface area contributed by atoms with Gasteiger partial charge in [-0.2, -0.15) is 0 Å². The van der Waals surface area contributed by atoms with E-state index in [9.17, 15) is 4.79 Å². The molecule has 4 nitrogen and oxygen atoms in total. The van der Waals surface area contributed by atoms with Crippen molar-refractivity contribution in [3.05, 3.63) is 65.1 Å². The van der Waals surface area contributed by atoms with Gasteiger partial charge in [0.25, 0.3) is 0 Å². The molecule has 1 N–H and O–H groups in total. The van der Waals surface area contributed by atoms with Gasteiger partial charge >= 0.3 is 0 Å². The van der Waals surface area contributed by atoms with Gasteiger partial charge in [-0.15, -0.1) is 0 Å². The number of pyridine rings is 1. The molecule has 27 heavy (non-hydrogen) atoms. The first kappa shape index (κ1) is 17.8. The van der Waals surface area contributed by atoms with Gasteiger partial charge in [-0.1, -0.05) is 32.9 Å². The molecule has 4 rings (SSSR count). The number of anilines is 1. The molecule has 4 heteroatoms. The Hall–Kier alpha value is -2.62. The van der Waals surface area contributed by atoms with Crippen LogP contribution in [-0.2, 0) is 23.1 Å². The quantitative estimate of drug-likeness (QED) is 0.720. The lowest BCUT2D eigenvalue weighted by Crippen LogP contribution is -2.28. The minimum Gasteiger partial charge on any atom is -0.326 e. The number of nitrogens with one attached hydrogen (secondary N) is 1. The van der Waals surface area contributed by atoms with E-state index in [-0.39, 0.29) is 17.2 Å². The highest BCUT2D eigenvalue weighted by Crippen LogP contribution is 2.28. The molecule has 1 aliphatic rings. The Morgan fingerprint density at radius 1 is 1.19 bits per heavy atom. The van der Waals surface area contributed by atoms with E-state index < -0.39 is 0 Å². The number of benzene rings is 1. The zero-order valence-corrected chi connectivity index (χ0v) is 16.5. The molecule has 1 atom stereocenters. The van der Waals surface area contributed by atoms with Gasteiger partial charge in [-0.3, -0.25) is 4.79 Å². The Morgan fingerprint density at radius 2 is 1.93 bits per heavy atom. The number of fused-ring (bicyclic) bond motifs is 3. The van der Waals surface area contributed by atoms with Crippen molar-refractivity contribution in [2.45, 2.75) is 52.4 Å². The van der Waals surface area contributed by atoms with Gasteiger partial charge in [0.2, 0.25) is 5.91 Å². The van der Waals surface area contributed by atoms with E-state index >= 15 is 0 Å². The van der Waals surface area contributed by atoms with Crippen LogP contribution in [0.4, 0.5) is 5.69 Å². The number of carbonyl (C=O) groups excluding carboxylic acids is 1. The summed E-state index contributed by atoms with van der Waals surface area (Å²) in [6.45, 7) is 8.65. The molecule has 0 saturated carbocycles. The van der Waals surface area contributed by atoms with Crippen molar-refractivity contribution in [1.29, 1.82) is 0 Å². The third-order valence-corrected chi connectivity index (χ3v) is 5.52. The summed E-state index contributed by atoms with van der Waals surface area (Å²) in [4.78, 5) is 17.6. The molecule has 140 valence electrons. The molecular formula is C23H27N3O. The fourth-order valence-electron chi connectivity index (χ4n) is 3.83. The van der Waals surface area contributed by atoms with Crippen LogP contribution in [-0.4, -0.2) is 15.3 Å². The van der Waals surface area contributed by atoms with E-state index in [0.717, 1.165) is 36.3 Å². The summed E-state index contributed by atoms with van der Waals surface area (Å²) in [5.41, 5.74) is 6.76. The van der Waals surface area contributed by atoms with E-state index in [1.165, 1.54) is 16.8 Å². The molecule has 0 saturated heterocycles. The maximum Gasteiger partial charge on any atom is 0.227 e. The largest absolute Gasteiger partial charge is 0.326 e. The first-order valence-electron chi connectivity index (χ1n) is 9.69. The van der Waals surface area contributed by atoms with Crippen LogP contribution in [0.15, 0.2) is 42.6 Å². The number of hydrogen-bond acceptors (Lipinski definition) is 2. The lowest BCUT2D eigenvalue weighted by Gasteiger charge is -2.22. The molecule has 2 aromatic heterocycles. The average Bonchev–Trinajstić information content (AvgIpc) is 2.97. The van der Waals surface area contributed by atoms with Gasteiger partial charge in [0.05, 0.1) is 5.69 Å². The third kappa shape index (κ3) is 3.48. The molecular weight excluding hydrogens is 334 g/mol. The number of aromatic nitrogens is 2. The van der Waals surface area contributed by atoms with Gasteiger partial charge in [-0.25, -0.2) is 4.98 Å². The Morgan fingerprint density at radius 3 is 2.63 bits per heavy atom. The Kier molecular flexibility index (Phi) is 4.29. The Bertz CT molecular complexity index is 993. The van der Waals surface area contributed by atoms with Crippen LogP contribution in [0.1, 0.15) is 49.7 Å². The van der Waals surface area contributed by atoms with E-state index in [2.05, 4.69) is 67.9 Å². The predicted octanol–water partition coefficient (Wildman–Crippen LogP) is 4.68. The fourth-order valence-corrected chi connectivity index (χ4v) is 3.83. The van der Waals surface area contributed by atoms with Crippen molar-refractivity contribution in [1.82, 2.24) is 9.38 Å². The second kappa shape index (κ2) is 6.52. The SMILES string of the molecule is Cc1ccn2c3c(nc2c1)CCC(C(=O)Nc1ccc(C(C)(C)C)cc1)C3. The summed E-state index contributed by atoms with van der Waals surface area (Å²) in [5.74, 6) is 0.0900. The van der Waals surface area contributed by atoms with Crippen LogP contribution in [0.3, 0.4) is 0 Å². The number of nitrogens with zero attached hydrogens (tertiary/aromatic N) is 2. The minimum absolute atomic E-state index is 0.0130. The van der Waals surface area contributed by atoms with E-state index in [4.69, 9.17) is 4.98 Å². The maximum atomic E-state index is 12.8. The van der Waals surface area contributed by atoms with Crippen LogP contribution in [0.5, 0.6) is 0 Å². The number of imidazole rings is 1. The monoisotopic (exact) mass is 361 g/mol. The normalized spacial score (nSPS) is 17.0. The molecule has 3 aromatic rings. The van der Waals surface area contributed by atoms with Crippen LogP contribution < -0.4 is 5.32 Å². The average molecular weight is 361 g/mol. The third-order valence-electron chi connectivity index (χ3n) is 5.52. The zero-order valence-electron chi connectivity index (χ0n) is 16.5. The maximum absolute atomic E-state index is 12.8. The first-order valence-corrected chi connectivity index (χ1v) is 9.69. The van der Waals surface area contributed by atoms with Crippen LogP contribution >= 0.6 is 0 Å². The second-order valence-corrected chi connectivity index (χ2v) is 8.69. The molecule has 0 radical (unpaired) electrons. The Labute approximate surface area is 160 Å². The lowest BCUT2D eigenvalue weighted by molar-refractivity contribution is -0.120. The first-order chi connectivity index (χ1) is 12.8. The van der Waals surface area contributed by atoms with E-state index in [0.29, 0.717) is 0 Å². The number of hydrogen-bond donors (Lipinski definition) is 1. The van der Waals surface area contributed by atoms with Crippen LogP contribution in [0.2, 0.25) is 0 Å². The molecule has 1 unspecified atom stereocenters. The summed E-state index contributed by atoms with van der Waals surface area (Å²) < 4.78 is 2.14. The van der Waals surface area contributed by atoms with Crippen LogP contribution in [0, 0.1) is 12.8 Å². The highest BCUT2D eigenvalue weighted by atomic mass is 16.1. The topological polar surface area (TPSA) is 46.4 Å². The summed E-state index contributed by atoms with van der Waals surface area (Å²) in [5, 5.41) is 3.10. The molecule has 0 fully saturated rings. The molecule has 0 aliphatic heterocycles. The summed E-state index contributed by atoms with van der Waals surface area (Å²) in [7, 11) is 0. The van der Waals surface area contributed by atoms with Crippen molar-refractivity contribution in [2.24, 2.45) is 5.92 Å². The fraction of sp³-hybridized carbons (Fsp3) is 0.391. The molecule has 2 heterocycles. The number of rotatable bonds is 2.